The van der Waals surface area contributed by atoms with Gasteiger partial charge in [-0.3, -0.25) is 9.59 Å². The van der Waals surface area contributed by atoms with Gasteiger partial charge in [-0.05, 0) is 30.4 Å². The first kappa shape index (κ1) is 12.0. The van der Waals surface area contributed by atoms with E-state index in [1.165, 1.54) is 17.4 Å². The van der Waals surface area contributed by atoms with E-state index in [-0.39, 0.29) is 17.6 Å². The third-order valence-corrected chi connectivity index (χ3v) is 4.00. The molecule has 2 rings (SSSR count). The van der Waals surface area contributed by atoms with Gasteiger partial charge in [-0.25, -0.2) is 0 Å². The molecule has 0 atom stereocenters. The van der Waals surface area contributed by atoms with Gasteiger partial charge in [0.2, 0.25) is 5.91 Å². The molecular weight excluding hydrogens is 234 g/mol. The number of nitrogens with zero attached hydrogens (tertiary/aromatic N) is 1. The lowest BCUT2D eigenvalue weighted by atomic mass is 9.92. The van der Waals surface area contributed by atoms with E-state index in [0.717, 1.165) is 17.7 Å². The van der Waals surface area contributed by atoms with Gasteiger partial charge in [-0.15, -0.1) is 11.3 Å². The van der Waals surface area contributed by atoms with Crippen molar-refractivity contribution in [1.82, 2.24) is 4.90 Å². The van der Waals surface area contributed by atoms with E-state index in [1.807, 2.05) is 17.5 Å². The van der Waals surface area contributed by atoms with Gasteiger partial charge in [0.1, 0.15) is 0 Å². The monoisotopic (exact) mass is 249 g/mol. The Morgan fingerprint density at radius 2 is 2.12 bits per heavy atom. The van der Waals surface area contributed by atoms with E-state index in [0.29, 0.717) is 13.1 Å². The highest BCUT2D eigenvalue weighted by atomic mass is 32.1. The lowest BCUT2D eigenvalue weighted by molar-refractivity contribution is -0.127. The van der Waals surface area contributed by atoms with Crippen LogP contribution in [0, 0.1) is 5.92 Å². The van der Waals surface area contributed by atoms with Crippen LogP contribution in [0.15, 0.2) is 30.2 Å². The predicted molar refractivity (Wildman–Crippen MR) is 68.2 cm³/mol. The smallest absolute Gasteiger partial charge is 0.245 e. The number of piperidine rings is 1. The summed E-state index contributed by atoms with van der Waals surface area (Å²) in [6.45, 7) is 4.79. The molecule has 0 spiro atoms. The van der Waals surface area contributed by atoms with Crippen molar-refractivity contribution in [1.29, 1.82) is 0 Å². The third kappa shape index (κ3) is 2.64. The fourth-order valence-electron chi connectivity index (χ4n) is 2.11. The van der Waals surface area contributed by atoms with Gasteiger partial charge < -0.3 is 4.90 Å². The molecule has 90 valence electrons. The number of hydrogen-bond donors (Lipinski definition) is 0. The third-order valence-electron chi connectivity index (χ3n) is 3.12. The molecule has 0 saturated carbocycles. The molecule has 1 fully saturated rings. The Morgan fingerprint density at radius 3 is 2.65 bits per heavy atom. The lowest BCUT2D eigenvalue weighted by Crippen LogP contribution is -2.39. The molecule has 3 nitrogen and oxygen atoms in total. The fraction of sp³-hybridized carbons (Fsp3) is 0.385. The molecule has 0 aromatic carbocycles. The Balaban J connectivity index is 1.93. The Kier molecular flexibility index (Phi) is 3.74. The van der Waals surface area contributed by atoms with Crippen LogP contribution in [0.25, 0.3) is 0 Å². The maximum Gasteiger partial charge on any atom is 0.245 e. The highest BCUT2D eigenvalue weighted by molar-refractivity contribution is 7.12. The Morgan fingerprint density at radius 1 is 1.41 bits per heavy atom. The average molecular weight is 249 g/mol. The van der Waals surface area contributed by atoms with Crippen molar-refractivity contribution < 1.29 is 9.59 Å². The summed E-state index contributed by atoms with van der Waals surface area (Å²) in [6, 6.07) is 3.77. The zero-order valence-corrected chi connectivity index (χ0v) is 10.4. The zero-order chi connectivity index (χ0) is 12.3. The van der Waals surface area contributed by atoms with E-state index in [9.17, 15) is 9.59 Å². The highest BCUT2D eigenvalue weighted by Gasteiger charge is 2.27. The molecule has 0 unspecified atom stereocenters. The molecule has 17 heavy (non-hydrogen) atoms. The molecule has 0 radical (unpaired) electrons. The topological polar surface area (TPSA) is 37.4 Å². The minimum atomic E-state index is -0.0352. The molecule has 1 aromatic rings. The van der Waals surface area contributed by atoms with Crippen LogP contribution in [-0.4, -0.2) is 29.7 Å². The maximum absolute atomic E-state index is 12.1. The number of hydrogen-bond acceptors (Lipinski definition) is 3. The van der Waals surface area contributed by atoms with Crippen LogP contribution in [0.1, 0.15) is 22.5 Å². The van der Waals surface area contributed by atoms with Crippen LogP contribution in [-0.2, 0) is 4.79 Å². The number of likely N-dealkylation sites (tertiary alicyclic amines) is 1. The molecule has 0 bridgehead atoms. The Labute approximate surface area is 105 Å². The van der Waals surface area contributed by atoms with Crippen molar-refractivity contribution >= 4 is 23.0 Å². The van der Waals surface area contributed by atoms with Crippen molar-refractivity contribution in [3.63, 3.8) is 0 Å². The number of rotatable bonds is 3. The largest absolute Gasteiger partial charge is 0.339 e. The summed E-state index contributed by atoms with van der Waals surface area (Å²) in [5.41, 5.74) is 0. The van der Waals surface area contributed by atoms with E-state index in [1.54, 1.807) is 4.90 Å². The molecule has 0 N–H and O–H groups in total. The van der Waals surface area contributed by atoms with Crippen LogP contribution in [0.4, 0.5) is 0 Å². The first-order valence-corrected chi connectivity index (χ1v) is 6.59. The molecule has 1 amide bonds. The number of ketones is 1. The van der Waals surface area contributed by atoms with Gasteiger partial charge in [0.05, 0.1) is 4.88 Å². The minimum absolute atomic E-state index is 0.0352. The van der Waals surface area contributed by atoms with Crippen molar-refractivity contribution in [3.05, 3.63) is 35.0 Å². The number of thiophene rings is 1. The summed E-state index contributed by atoms with van der Waals surface area (Å²) in [6.07, 6.45) is 2.86. The second-order valence-corrected chi connectivity index (χ2v) is 5.09. The van der Waals surface area contributed by atoms with E-state index in [2.05, 4.69) is 6.58 Å². The molecule has 1 saturated heterocycles. The van der Waals surface area contributed by atoms with Crippen LogP contribution in [0.5, 0.6) is 0 Å². The van der Waals surface area contributed by atoms with Gasteiger partial charge in [0, 0.05) is 19.0 Å². The average Bonchev–Trinajstić information content (AvgIpc) is 2.91. The van der Waals surface area contributed by atoms with Crippen LogP contribution in [0.2, 0.25) is 0 Å². The molecule has 1 aliphatic rings. The Hall–Kier alpha value is -1.42. The molecule has 1 aliphatic heterocycles. The SMILES string of the molecule is C=CC(=O)N1CCC(C(=O)c2cccs2)CC1. The van der Waals surface area contributed by atoms with E-state index in [4.69, 9.17) is 0 Å². The van der Waals surface area contributed by atoms with E-state index < -0.39 is 0 Å². The molecule has 2 heterocycles. The Bertz CT molecular complexity index is 417. The predicted octanol–water partition coefficient (Wildman–Crippen LogP) is 2.36. The second-order valence-electron chi connectivity index (χ2n) is 4.15. The normalized spacial score (nSPS) is 16.8. The first-order chi connectivity index (χ1) is 8.22. The molecule has 4 heteroatoms. The zero-order valence-electron chi connectivity index (χ0n) is 9.59. The van der Waals surface area contributed by atoms with Crippen LogP contribution >= 0.6 is 11.3 Å². The van der Waals surface area contributed by atoms with Gasteiger partial charge in [0.25, 0.3) is 0 Å². The fourth-order valence-corrected chi connectivity index (χ4v) is 2.85. The van der Waals surface area contributed by atoms with Crippen LogP contribution in [0.3, 0.4) is 0 Å². The quantitative estimate of drug-likeness (QED) is 0.609. The number of amides is 1. The standard InChI is InChI=1S/C13H15NO2S/c1-2-12(15)14-7-5-10(6-8-14)13(16)11-4-3-9-17-11/h2-4,9-10H,1,5-8H2. The molecular formula is C13H15NO2S. The summed E-state index contributed by atoms with van der Waals surface area (Å²) in [7, 11) is 0. The summed E-state index contributed by atoms with van der Waals surface area (Å²) in [5, 5.41) is 1.92. The number of Topliss-reactive ketones (excluding diaryl/α,β-unsaturated/α-hetero) is 1. The van der Waals surface area contributed by atoms with Crippen LogP contribution < -0.4 is 0 Å². The van der Waals surface area contributed by atoms with Crippen molar-refractivity contribution in [2.24, 2.45) is 5.92 Å². The summed E-state index contributed by atoms with van der Waals surface area (Å²) >= 11 is 1.49. The highest BCUT2D eigenvalue weighted by Crippen LogP contribution is 2.23. The second kappa shape index (κ2) is 5.27. The van der Waals surface area contributed by atoms with Gasteiger partial charge in [-0.2, -0.15) is 0 Å². The van der Waals surface area contributed by atoms with Gasteiger partial charge in [0.15, 0.2) is 5.78 Å². The maximum atomic E-state index is 12.1. The minimum Gasteiger partial charge on any atom is -0.339 e. The van der Waals surface area contributed by atoms with Crippen molar-refractivity contribution in [2.45, 2.75) is 12.8 Å². The van der Waals surface area contributed by atoms with Gasteiger partial charge >= 0.3 is 0 Å². The lowest BCUT2D eigenvalue weighted by Gasteiger charge is -2.30. The number of carbonyl (C=O) groups is 2. The van der Waals surface area contributed by atoms with Gasteiger partial charge in [-0.1, -0.05) is 12.6 Å². The summed E-state index contributed by atoms with van der Waals surface area (Å²) < 4.78 is 0. The van der Waals surface area contributed by atoms with E-state index >= 15 is 0 Å². The summed E-state index contributed by atoms with van der Waals surface area (Å²) in [4.78, 5) is 26.1. The van der Waals surface area contributed by atoms with Crippen molar-refractivity contribution in [2.75, 3.05) is 13.1 Å². The van der Waals surface area contributed by atoms with Crippen molar-refractivity contribution in [3.8, 4) is 0 Å². The first-order valence-electron chi connectivity index (χ1n) is 5.71. The molecule has 0 aliphatic carbocycles. The molecule has 1 aromatic heterocycles. The number of carbonyl (C=O) groups excluding carboxylic acids is 2. The summed E-state index contributed by atoms with van der Waals surface area (Å²) in [5.74, 6) is 0.264.